The summed E-state index contributed by atoms with van der Waals surface area (Å²) in [5, 5.41) is 9.32. The lowest BCUT2D eigenvalue weighted by Crippen LogP contribution is -2.15. The molecule has 1 fully saturated rings. The fourth-order valence-corrected chi connectivity index (χ4v) is 5.92. The molecular formula is C33H35F5O2. The van der Waals surface area contributed by atoms with E-state index in [2.05, 4.69) is 6.92 Å². The van der Waals surface area contributed by atoms with Gasteiger partial charge in [-0.2, -0.15) is 0 Å². The number of rotatable bonds is 11. The summed E-state index contributed by atoms with van der Waals surface area (Å²) in [4.78, 5) is 11.5. The highest BCUT2D eigenvalue weighted by molar-refractivity contribution is 5.94. The molecule has 4 rings (SSSR count). The highest BCUT2D eigenvalue weighted by Gasteiger charge is 2.27. The van der Waals surface area contributed by atoms with E-state index in [1.165, 1.54) is 57.8 Å². The summed E-state index contributed by atoms with van der Waals surface area (Å²) in [7, 11) is 0. The lowest BCUT2D eigenvalue weighted by molar-refractivity contribution is 0.0686. The molecule has 2 nitrogen and oxygen atoms in total. The molecule has 7 heteroatoms. The van der Waals surface area contributed by atoms with E-state index in [-0.39, 0.29) is 5.56 Å². The van der Waals surface area contributed by atoms with E-state index < -0.39 is 51.7 Å². The summed E-state index contributed by atoms with van der Waals surface area (Å²) in [6, 6.07) is 8.94. The van der Waals surface area contributed by atoms with E-state index >= 15 is 4.39 Å². The Balaban J connectivity index is 1.50. The van der Waals surface area contributed by atoms with E-state index in [1.807, 2.05) is 12.1 Å². The molecule has 0 aliphatic heterocycles. The van der Waals surface area contributed by atoms with Crippen molar-refractivity contribution in [1.29, 1.82) is 0 Å². The second-order valence-electron chi connectivity index (χ2n) is 11.0. The van der Waals surface area contributed by atoms with Crippen molar-refractivity contribution < 1.29 is 31.9 Å². The second-order valence-corrected chi connectivity index (χ2v) is 11.0. The van der Waals surface area contributed by atoms with Gasteiger partial charge in [0.1, 0.15) is 17.2 Å². The van der Waals surface area contributed by atoms with Gasteiger partial charge in [0.15, 0.2) is 17.5 Å². The van der Waals surface area contributed by atoms with Crippen LogP contribution in [0.4, 0.5) is 22.0 Å². The maximum absolute atomic E-state index is 15.4. The van der Waals surface area contributed by atoms with E-state index in [0.29, 0.717) is 23.6 Å². The minimum absolute atomic E-state index is 0.0887. The summed E-state index contributed by atoms with van der Waals surface area (Å²) < 4.78 is 71.6. The number of hydrogen-bond donors (Lipinski definition) is 1. The smallest absolute Gasteiger partial charge is 0.341 e. The number of carbonyl (C=O) groups is 1. The number of benzene rings is 3. The number of hydrogen-bond acceptors (Lipinski definition) is 1. The molecule has 0 heterocycles. The Labute approximate surface area is 232 Å². The van der Waals surface area contributed by atoms with Gasteiger partial charge in [0.05, 0.1) is 0 Å². The van der Waals surface area contributed by atoms with Crippen LogP contribution in [0.3, 0.4) is 0 Å². The van der Waals surface area contributed by atoms with Crippen molar-refractivity contribution in [2.24, 2.45) is 11.8 Å². The first-order valence-electron chi connectivity index (χ1n) is 14.2. The van der Waals surface area contributed by atoms with E-state index in [1.54, 1.807) is 12.1 Å². The first-order valence-corrected chi connectivity index (χ1v) is 14.2. The SMILES string of the molecule is CCCCCC[C@H]1CC[C@H](CCc2ccc(-c3cc(F)c(C(=O)O)c(F)c3-c3cc(F)c(F)c(F)c3)cc2)CC1. The summed E-state index contributed by atoms with van der Waals surface area (Å²) in [5.41, 5.74) is -0.908. The Morgan fingerprint density at radius 3 is 1.93 bits per heavy atom. The van der Waals surface area contributed by atoms with Crippen LogP contribution in [-0.2, 0) is 6.42 Å². The average Bonchev–Trinajstić information content (AvgIpc) is 2.93. The summed E-state index contributed by atoms with van der Waals surface area (Å²) >= 11 is 0. The lowest BCUT2D eigenvalue weighted by atomic mass is 9.77. The molecule has 0 bridgehead atoms. The van der Waals surface area contributed by atoms with Crippen molar-refractivity contribution in [2.75, 3.05) is 0 Å². The van der Waals surface area contributed by atoms with Gasteiger partial charge in [0.2, 0.25) is 0 Å². The third kappa shape index (κ3) is 6.91. The van der Waals surface area contributed by atoms with Crippen LogP contribution in [0.25, 0.3) is 22.3 Å². The minimum Gasteiger partial charge on any atom is -0.477 e. The standard InChI is InChI=1S/C33H35F5O2/c1-2-3-4-5-6-20-7-9-21(10-8-20)11-12-22-13-15-23(16-14-22)25-19-26(34)30(33(39)40)32(38)29(25)24-17-27(35)31(37)28(36)18-24/h13-21H,2-12H2,1H3,(H,39,40)/t20-,21-. The van der Waals surface area contributed by atoms with Crippen LogP contribution < -0.4 is 0 Å². The van der Waals surface area contributed by atoms with Crippen molar-refractivity contribution in [3.8, 4) is 22.3 Å². The van der Waals surface area contributed by atoms with Crippen LogP contribution in [0.1, 0.15) is 87.1 Å². The molecule has 3 aromatic rings. The first kappa shape index (κ1) is 29.8. The number of aryl methyl sites for hydroxylation is 1. The van der Waals surface area contributed by atoms with Gasteiger partial charge in [0, 0.05) is 5.56 Å². The number of carboxylic acid groups (broad SMARTS) is 1. The van der Waals surface area contributed by atoms with Gasteiger partial charge in [-0.15, -0.1) is 0 Å². The van der Waals surface area contributed by atoms with Crippen LogP contribution in [0.15, 0.2) is 42.5 Å². The van der Waals surface area contributed by atoms with Crippen LogP contribution >= 0.6 is 0 Å². The molecule has 0 radical (unpaired) electrons. The molecule has 1 saturated carbocycles. The monoisotopic (exact) mass is 558 g/mol. The summed E-state index contributed by atoms with van der Waals surface area (Å²) in [6.07, 6.45) is 13.5. The van der Waals surface area contributed by atoms with Gasteiger partial charge in [-0.05, 0) is 65.1 Å². The zero-order chi connectivity index (χ0) is 28.8. The van der Waals surface area contributed by atoms with Gasteiger partial charge in [0.25, 0.3) is 0 Å². The number of unbranched alkanes of at least 4 members (excludes halogenated alkanes) is 3. The second kappa shape index (κ2) is 13.4. The Bertz CT molecular complexity index is 1300. The van der Waals surface area contributed by atoms with Crippen molar-refractivity contribution >= 4 is 5.97 Å². The third-order valence-corrected chi connectivity index (χ3v) is 8.24. The molecule has 0 atom stereocenters. The van der Waals surface area contributed by atoms with Gasteiger partial charge >= 0.3 is 5.97 Å². The predicted octanol–water partition coefficient (Wildman–Crippen LogP) is 10.1. The van der Waals surface area contributed by atoms with Gasteiger partial charge in [-0.1, -0.05) is 89.0 Å². The predicted molar refractivity (Wildman–Crippen MR) is 147 cm³/mol. The Morgan fingerprint density at radius 2 is 1.35 bits per heavy atom. The van der Waals surface area contributed by atoms with Crippen LogP contribution in [0, 0.1) is 40.9 Å². The normalized spacial score (nSPS) is 17.2. The van der Waals surface area contributed by atoms with Crippen molar-refractivity contribution in [1.82, 2.24) is 0 Å². The molecular weight excluding hydrogens is 523 g/mol. The first-order chi connectivity index (χ1) is 19.2. The molecule has 40 heavy (non-hydrogen) atoms. The highest BCUT2D eigenvalue weighted by atomic mass is 19.2. The summed E-state index contributed by atoms with van der Waals surface area (Å²) in [6.45, 7) is 2.23. The Hall–Kier alpha value is -3.22. The molecule has 0 unspecified atom stereocenters. The van der Waals surface area contributed by atoms with E-state index in [9.17, 15) is 27.5 Å². The molecule has 0 spiro atoms. The topological polar surface area (TPSA) is 37.3 Å². The molecule has 1 aliphatic rings. The van der Waals surface area contributed by atoms with E-state index in [4.69, 9.17) is 0 Å². The van der Waals surface area contributed by atoms with Crippen LogP contribution in [0.2, 0.25) is 0 Å². The maximum Gasteiger partial charge on any atom is 0.341 e. The number of aromatic carboxylic acids is 1. The third-order valence-electron chi connectivity index (χ3n) is 8.24. The number of halogens is 5. The molecule has 3 aromatic carbocycles. The van der Waals surface area contributed by atoms with Crippen molar-refractivity contribution in [2.45, 2.75) is 77.6 Å². The lowest BCUT2D eigenvalue weighted by Gasteiger charge is -2.28. The molecule has 214 valence electrons. The Morgan fingerprint density at radius 1 is 0.750 bits per heavy atom. The molecule has 0 saturated heterocycles. The van der Waals surface area contributed by atoms with Crippen LogP contribution in [-0.4, -0.2) is 11.1 Å². The van der Waals surface area contributed by atoms with Gasteiger partial charge < -0.3 is 5.11 Å². The Kier molecular flexibility index (Phi) is 9.99. The minimum atomic E-state index is -1.87. The average molecular weight is 559 g/mol. The van der Waals surface area contributed by atoms with Gasteiger partial charge in [-0.3, -0.25) is 0 Å². The van der Waals surface area contributed by atoms with Crippen molar-refractivity contribution in [3.05, 3.63) is 82.7 Å². The zero-order valence-corrected chi connectivity index (χ0v) is 22.7. The largest absolute Gasteiger partial charge is 0.477 e. The van der Waals surface area contributed by atoms with Crippen LogP contribution in [0.5, 0.6) is 0 Å². The van der Waals surface area contributed by atoms with E-state index in [0.717, 1.165) is 30.4 Å². The quantitative estimate of drug-likeness (QED) is 0.144. The van der Waals surface area contributed by atoms with Crippen molar-refractivity contribution in [3.63, 3.8) is 0 Å². The fraction of sp³-hybridized carbons (Fsp3) is 0.424. The molecule has 0 amide bonds. The van der Waals surface area contributed by atoms with Gasteiger partial charge in [-0.25, -0.2) is 26.7 Å². The maximum atomic E-state index is 15.4. The molecule has 1 N–H and O–H groups in total. The summed E-state index contributed by atoms with van der Waals surface area (Å²) in [5.74, 6) is -8.03. The molecule has 1 aliphatic carbocycles. The highest BCUT2D eigenvalue weighted by Crippen LogP contribution is 2.39. The molecule has 0 aromatic heterocycles. The zero-order valence-electron chi connectivity index (χ0n) is 22.7. The number of carboxylic acids is 1. The fourth-order valence-electron chi connectivity index (χ4n) is 5.92.